The number of carbonyl (C=O) groups is 4. The van der Waals surface area contributed by atoms with E-state index in [0.717, 1.165) is 52.9 Å². The van der Waals surface area contributed by atoms with Crippen LogP contribution in [0.25, 0.3) is 0 Å². The van der Waals surface area contributed by atoms with Crippen molar-refractivity contribution in [3.63, 3.8) is 0 Å². The molecule has 6 fully saturated rings. The van der Waals surface area contributed by atoms with Gasteiger partial charge in [-0.15, -0.1) is 0 Å². The van der Waals surface area contributed by atoms with Gasteiger partial charge in [0.25, 0.3) is 17.9 Å². The predicted octanol–water partition coefficient (Wildman–Crippen LogP) is 6.69. The van der Waals surface area contributed by atoms with Gasteiger partial charge in [0.2, 0.25) is 0 Å². The fourth-order valence-electron chi connectivity index (χ4n) is 13.4. The van der Waals surface area contributed by atoms with Crippen LogP contribution < -0.4 is 0 Å². The van der Waals surface area contributed by atoms with Gasteiger partial charge in [-0.05, 0) is 122 Å². The van der Waals surface area contributed by atoms with Gasteiger partial charge in [0.1, 0.15) is 18.3 Å². The Morgan fingerprint density at radius 2 is 1.32 bits per heavy atom. The molecular formula is C44H74O13. The minimum atomic E-state index is -1.04. The molecule has 0 radical (unpaired) electrons. The van der Waals surface area contributed by atoms with E-state index in [1.54, 1.807) is 6.92 Å². The normalized spacial score (nSPS) is 42.5. The third-order valence-corrected chi connectivity index (χ3v) is 15.8. The van der Waals surface area contributed by atoms with Crippen LogP contribution in [0.15, 0.2) is 12.2 Å². The van der Waals surface area contributed by atoms with Gasteiger partial charge in [-0.2, -0.15) is 0 Å². The van der Waals surface area contributed by atoms with Crippen LogP contribution in [-0.2, 0) is 33.4 Å². The van der Waals surface area contributed by atoms with E-state index in [4.69, 9.17) is 43.9 Å². The molecule has 5 saturated carbocycles. The zero-order chi connectivity index (χ0) is 43.5. The number of aliphatic hydroxyl groups is 3. The second-order valence-electron chi connectivity index (χ2n) is 19.5. The highest BCUT2D eigenvalue weighted by Gasteiger charge is 2.71. The number of carbonyl (C=O) groups excluding carboxylic acids is 1. The van der Waals surface area contributed by atoms with E-state index < -0.39 is 42.5 Å². The molecule has 1 heterocycles. The molecule has 13 heteroatoms. The molecule has 328 valence electrons. The average molecular weight is 811 g/mol. The first kappa shape index (κ1) is 48.8. The molecule has 0 aromatic heterocycles. The van der Waals surface area contributed by atoms with Crippen molar-refractivity contribution in [1.29, 1.82) is 0 Å². The standard InChI is InChI=1S/C38H62O7.3C2H4O2/c1-22(2)24-11-16-38(21-43-26-19-31(41)45-27(20-39)33(26)42)18-17-36(7)25(32(24)38)9-10-29-35(6)14-13-30(44-23(3)40)34(4,5)28(35)12-15-37(29,36)8;3*1-2(3)4/h24-33,39,41-42H,1,9-21H2,2-8H3;3*1H3,(H,3,4)/t24-,25+,26+,27+,28-,29+,30?,31?,32+,33+,35-,36+,37+,38+;;;/m0.../s1. The largest absolute Gasteiger partial charge is 0.481 e. The molecule has 5 aliphatic carbocycles. The van der Waals surface area contributed by atoms with Crippen LogP contribution >= 0.6 is 0 Å². The molecule has 57 heavy (non-hydrogen) atoms. The van der Waals surface area contributed by atoms with Gasteiger partial charge < -0.3 is 44.8 Å². The lowest BCUT2D eigenvalue weighted by Gasteiger charge is -2.73. The highest BCUT2D eigenvalue weighted by Crippen LogP contribution is 2.77. The summed E-state index contributed by atoms with van der Waals surface area (Å²) >= 11 is 0. The quantitative estimate of drug-likeness (QED) is 0.122. The summed E-state index contributed by atoms with van der Waals surface area (Å²) in [5.74, 6) is 0.0736. The number of allylic oxidation sites excluding steroid dienone is 1. The summed E-state index contributed by atoms with van der Waals surface area (Å²) in [5, 5.41) is 53.2. The van der Waals surface area contributed by atoms with Crippen molar-refractivity contribution in [3.8, 4) is 0 Å². The number of carboxylic acids is 3. The van der Waals surface area contributed by atoms with Crippen LogP contribution in [0, 0.1) is 56.7 Å². The number of esters is 1. The molecular weight excluding hydrogens is 736 g/mol. The fraction of sp³-hybridized carbons (Fsp3) is 0.864. The minimum Gasteiger partial charge on any atom is -0.481 e. The monoisotopic (exact) mass is 811 g/mol. The number of ether oxygens (including phenoxy) is 3. The molecule has 14 atom stereocenters. The van der Waals surface area contributed by atoms with Crippen molar-refractivity contribution in [2.45, 2.75) is 171 Å². The molecule has 6 N–H and O–H groups in total. The van der Waals surface area contributed by atoms with Gasteiger partial charge in [0, 0.05) is 39.5 Å². The van der Waals surface area contributed by atoms with Gasteiger partial charge in [-0.3, -0.25) is 19.2 Å². The Morgan fingerprint density at radius 1 is 0.737 bits per heavy atom. The molecule has 6 rings (SSSR count). The Labute approximate surface area is 339 Å². The molecule has 2 unspecified atom stereocenters. The lowest BCUT2D eigenvalue weighted by molar-refractivity contribution is -0.265. The SMILES string of the molecule is C=C(C)[C@@H]1CC[C@]2(CO[C@@H]3CC(O)O[C@H](CO)[C@@H]3O)CC[C@]3(C)[C@H](CC[C@@H]4[C@@]5(C)CCC(OC(C)=O)C(C)(C)[C@@H]5CC[C@]43C)[C@@H]12.CC(=O)O.CC(=O)O.CC(=O)O. The van der Waals surface area contributed by atoms with Crippen LogP contribution in [0.3, 0.4) is 0 Å². The zero-order valence-corrected chi connectivity index (χ0v) is 36.2. The molecule has 0 bridgehead atoms. The minimum absolute atomic E-state index is 0.00233. The average Bonchev–Trinajstić information content (AvgIpc) is 3.46. The number of fused-ring (bicyclic) bond motifs is 7. The van der Waals surface area contributed by atoms with E-state index in [1.807, 2.05) is 0 Å². The van der Waals surface area contributed by atoms with Crippen molar-refractivity contribution < 1.29 is 64.0 Å². The molecule has 0 amide bonds. The highest BCUT2D eigenvalue weighted by molar-refractivity contribution is 5.66. The van der Waals surface area contributed by atoms with Gasteiger partial charge in [0.15, 0.2) is 6.29 Å². The van der Waals surface area contributed by atoms with E-state index in [1.165, 1.54) is 37.7 Å². The Hall–Kier alpha value is -2.58. The molecule has 0 aromatic rings. The summed E-state index contributed by atoms with van der Waals surface area (Å²) in [7, 11) is 0. The third kappa shape index (κ3) is 10.1. The lowest BCUT2D eigenvalue weighted by atomic mass is 9.32. The van der Waals surface area contributed by atoms with E-state index >= 15 is 0 Å². The summed E-state index contributed by atoms with van der Waals surface area (Å²) in [5.41, 5.74) is 1.96. The second kappa shape index (κ2) is 18.8. The number of aliphatic carboxylic acids is 3. The maximum atomic E-state index is 12.0. The number of carboxylic acid groups (broad SMARTS) is 3. The first-order valence-electron chi connectivity index (χ1n) is 20.9. The molecule has 1 aliphatic heterocycles. The second-order valence-corrected chi connectivity index (χ2v) is 19.5. The van der Waals surface area contributed by atoms with Gasteiger partial charge >= 0.3 is 5.97 Å². The molecule has 13 nitrogen and oxygen atoms in total. The number of hydrogen-bond acceptors (Lipinski definition) is 10. The Morgan fingerprint density at radius 3 is 1.84 bits per heavy atom. The Balaban J connectivity index is 0.000000640. The molecule has 1 saturated heterocycles. The fourth-order valence-corrected chi connectivity index (χ4v) is 13.4. The van der Waals surface area contributed by atoms with Crippen molar-refractivity contribution >= 4 is 23.9 Å². The lowest BCUT2D eigenvalue weighted by Crippen LogP contribution is -2.67. The summed E-state index contributed by atoms with van der Waals surface area (Å²) in [6.45, 7) is 24.4. The summed E-state index contributed by atoms with van der Waals surface area (Å²) < 4.78 is 17.9. The Kier molecular flexibility index (Phi) is 16.1. The topological polar surface area (TPSA) is 217 Å². The van der Waals surface area contributed by atoms with Crippen LogP contribution in [-0.4, -0.2) is 98.4 Å². The highest BCUT2D eigenvalue weighted by atomic mass is 16.6. The van der Waals surface area contributed by atoms with E-state index in [0.29, 0.717) is 36.2 Å². The van der Waals surface area contributed by atoms with Crippen LogP contribution in [0.1, 0.15) is 140 Å². The summed E-state index contributed by atoms with van der Waals surface area (Å²) in [6, 6.07) is 0. The van der Waals surface area contributed by atoms with E-state index in [9.17, 15) is 20.1 Å². The maximum Gasteiger partial charge on any atom is 0.302 e. The maximum absolute atomic E-state index is 12.0. The third-order valence-electron chi connectivity index (χ3n) is 15.8. The zero-order valence-electron chi connectivity index (χ0n) is 36.2. The van der Waals surface area contributed by atoms with Gasteiger partial charge in [-0.25, -0.2) is 0 Å². The Bertz CT molecular complexity index is 1410. The summed E-state index contributed by atoms with van der Waals surface area (Å²) in [4.78, 5) is 39.0. The first-order valence-corrected chi connectivity index (χ1v) is 20.9. The van der Waals surface area contributed by atoms with Crippen molar-refractivity contribution in [3.05, 3.63) is 12.2 Å². The van der Waals surface area contributed by atoms with Crippen LogP contribution in [0.5, 0.6) is 0 Å². The van der Waals surface area contributed by atoms with Crippen LogP contribution in [0.4, 0.5) is 0 Å². The number of rotatable bonds is 6. The predicted molar refractivity (Wildman–Crippen MR) is 213 cm³/mol. The molecule has 0 aromatic carbocycles. The van der Waals surface area contributed by atoms with Gasteiger partial charge in [-0.1, -0.05) is 46.8 Å². The molecule has 0 spiro atoms. The first-order chi connectivity index (χ1) is 26.2. The van der Waals surface area contributed by atoms with Crippen molar-refractivity contribution in [2.24, 2.45) is 56.7 Å². The van der Waals surface area contributed by atoms with Crippen molar-refractivity contribution in [1.82, 2.24) is 0 Å². The smallest absolute Gasteiger partial charge is 0.302 e. The van der Waals surface area contributed by atoms with E-state index in [-0.39, 0.29) is 52.2 Å². The van der Waals surface area contributed by atoms with Crippen molar-refractivity contribution in [2.75, 3.05) is 13.2 Å². The number of hydrogen-bond donors (Lipinski definition) is 6. The molecule has 6 aliphatic rings. The number of aliphatic hydroxyl groups excluding tert-OH is 3. The van der Waals surface area contributed by atoms with Gasteiger partial charge in [0.05, 0.1) is 19.3 Å². The van der Waals surface area contributed by atoms with E-state index in [2.05, 4.69) is 48.1 Å². The summed E-state index contributed by atoms with van der Waals surface area (Å²) in [6.07, 6.45) is 8.38. The van der Waals surface area contributed by atoms with Crippen LogP contribution in [0.2, 0.25) is 0 Å².